The molecule has 1 aliphatic heterocycles. The summed E-state index contributed by atoms with van der Waals surface area (Å²) in [4.78, 5) is 13.7. The molecule has 1 aliphatic carbocycles. The van der Waals surface area contributed by atoms with Crippen molar-refractivity contribution in [3.05, 3.63) is 0 Å². The van der Waals surface area contributed by atoms with Crippen LogP contribution in [0, 0.1) is 5.41 Å². The number of hydrogen-bond acceptors (Lipinski definition) is 2. The topological polar surface area (TPSA) is 40.5 Å². The molecule has 0 bridgehead atoms. The minimum atomic E-state index is -0.644. The molecular weight excluding hydrogens is 202 g/mol. The molecular formula is C13H23NO2. The third-order valence-electron chi connectivity index (χ3n) is 4.54. The smallest absolute Gasteiger partial charge is 0.323 e. The normalized spacial score (nSPS) is 39.1. The van der Waals surface area contributed by atoms with E-state index in [9.17, 15) is 9.90 Å². The fraction of sp³-hybridized carbons (Fsp3) is 0.923. The van der Waals surface area contributed by atoms with Crippen molar-refractivity contribution in [2.45, 2.75) is 64.5 Å². The van der Waals surface area contributed by atoms with Gasteiger partial charge in [0.25, 0.3) is 0 Å². The third kappa shape index (κ3) is 1.86. The fourth-order valence-corrected chi connectivity index (χ4v) is 3.46. The van der Waals surface area contributed by atoms with Crippen LogP contribution in [-0.4, -0.2) is 34.1 Å². The number of carbonyl (C=O) groups is 1. The first-order valence-corrected chi connectivity index (χ1v) is 6.35. The van der Waals surface area contributed by atoms with Crippen molar-refractivity contribution >= 4 is 5.97 Å². The van der Waals surface area contributed by atoms with Crippen LogP contribution in [0.25, 0.3) is 0 Å². The average molecular weight is 225 g/mol. The van der Waals surface area contributed by atoms with E-state index in [0.717, 1.165) is 32.2 Å². The second-order valence-corrected chi connectivity index (χ2v) is 6.44. The molecule has 3 heteroatoms. The Morgan fingerprint density at radius 2 is 2.00 bits per heavy atom. The van der Waals surface area contributed by atoms with Crippen molar-refractivity contribution in [2.75, 3.05) is 6.54 Å². The highest BCUT2D eigenvalue weighted by Crippen LogP contribution is 2.43. The van der Waals surface area contributed by atoms with Crippen LogP contribution in [-0.2, 0) is 4.79 Å². The maximum absolute atomic E-state index is 11.4. The van der Waals surface area contributed by atoms with Crippen molar-refractivity contribution in [2.24, 2.45) is 5.41 Å². The molecule has 2 aliphatic rings. The first kappa shape index (κ1) is 11.9. The van der Waals surface area contributed by atoms with Crippen molar-refractivity contribution in [1.82, 2.24) is 4.90 Å². The van der Waals surface area contributed by atoms with Crippen LogP contribution in [0.5, 0.6) is 0 Å². The minimum absolute atomic E-state index is 0.396. The molecule has 2 rings (SSSR count). The molecule has 1 N–H and O–H groups in total. The predicted octanol–water partition coefficient (Wildman–Crippen LogP) is 2.50. The molecule has 16 heavy (non-hydrogen) atoms. The molecule has 1 heterocycles. The number of hydrogen-bond donors (Lipinski definition) is 1. The molecule has 1 saturated carbocycles. The van der Waals surface area contributed by atoms with E-state index in [1.165, 1.54) is 6.42 Å². The van der Waals surface area contributed by atoms with Crippen LogP contribution in [0.1, 0.15) is 52.9 Å². The first-order chi connectivity index (χ1) is 7.35. The minimum Gasteiger partial charge on any atom is -0.480 e. The van der Waals surface area contributed by atoms with E-state index in [-0.39, 0.29) is 0 Å². The molecule has 1 saturated heterocycles. The Morgan fingerprint density at radius 1 is 1.31 bits per heavy atom. The number of aliphatic carboxylic acids is 1. The van der Waals surface area contributed by atoms with Crippen LogP contribution in [0.2, 0.25) is 0 Å². The molecule has 2 unspecified atom stereocenters. The number of carboxylic acid groups (broad SMARTS) is 1. The van der Waals surface area contributed by atoms with Gasteiger partial charge in [0.1, 0.15) is 5.54 Å². The van der Waals surface area contributed by atoms with Gasteiger partial charge in [0.2, 0.25) is 0 Å². The van der Waals surface area contributed by atoms with E-state index in [4.69, 9.17) is 0 Å². The molecule has 92 valence electrons. The summed E-state index contributed by atoms with van der Waals surface area (Å²) in [6.07, 6.45) is 5.37. The lowest BCUT2D eigenvalue weighted by Crippen LogP contribution is -2.52. The highest BCUT2D eigenvalue weighted by Gasteiger charge is 2.48. The van der Waals surface area contributed by atoms with Gasteiger partial charge in [-0.15, -0.1) is 0 Å². The van der Waals surface area contributed by atoms with Gasteiger partial charge in [0.15, 0.2) is 0 Å². The number of nitrogens with zero attached hydrogens (tertiary/aromatic N) is 1. The van der Waals surface area contributed by atoms with Gasteiger partial charge in [-0.25, -0.2) is 0 Å². The van der Waals surface area contributed by atoms with E-state index in [1.54, 1.807) is 0 Å². The van der Waals surface area contributed by atoms with Crippen molar-refractivity contribution < 1.29 is 9.90 Å². The Morgan fingerprint density at radius 3 is 2.50 bits per heavy atom. The maximum atomic E-state index is 11.4. The van der Waals surface area contributed by atoms with Crippen LogP contribution in [0.3, 0.4) is 0 Å². The van der Waals surface area contributed by atoms with Gasteiger partial charge in [0, 0.05) is 6.04 Å². The Bertz CT molecular complexity index is 300. The van der Waals surface area contributed by atoms with Crippen molar-refractivity contribution in [1.29, 1.82) is 0 Å². The van der Waals surface area contributed by atoms with Crippen molar-refractivity contribution in [3.63, 3.8) is 0 Å². The van der Waals surface area contributed by atoms with Gasteiger partial charge in [-0.2, -0.15) is 0 Å². The molecule has 2 atom stereocenters. The third-order valence-corrected chi connectivity index (χ3v) is 4.54. The summed E-state index contributed by atoms with van der Waals surface area (Å²) in [6.45, 7) is 7.44. The van der Waals surface area contributed by atoms with Gasteiger partial charge in [-0.1, -0.05) is 13.8 Å². The number of likely N-dealkylation sites (tertiary alicyclic amines) is 1. The van der Waals surface area contributed by atoms with Crippen LogP contribution < -0.4 is 0 Å². The van der Waals surface area contributed by atoms with Gasteiger partial charge >= 0.3 is 5.97 Å². The highest BCUT2D eigenvalue weighted by atomic mass is 16.4. The lowest BCUT2D eigenvalue weighted by Gasteiger charge is -2.36. The summed E-state index contributed by atoms with van der Waals surface area (Å²) in [7, 11) is 0. The fourth-order valence-electron chi connectivity index (χ4n) is 3.46. The van der Waals surface area contributed by atoms with Crippen LogP contribution in [0.4, 0.5) is 0 Å². The Balaban J connectivity index is 2.13. The molecule has 0 aromatic rings. The molecule has 2 fully saturated rings. The summed E-state index contributed by atoms with van der Waals surface area (Å²) in [6, 6.07) is 0.485. The molecule has 0 aromatic carbocycles. The average Bonchev–Trinajstić information content (AvgIpc) is 2.70. The van der Waals surface area contributed by atoms with E-state index in [2.05, 4.69) is 18.7 Å². The standard InChI is InChI=1S/C13H23NO2/c1-12(2)7-5-10(9-12)14-8-4-6-13(14,3)11(15)16/h10H,4-9H2,1-3H3,(H,15,16). The van der Waals surface area contributed by atoms with E-state index < -0.39 is 11.5 Å². The molecule has 0 aromatic heterocycles. The van der Waals surface area contributed by atoms with Crippen LogP contribution >= 0.6 is 0 Å². The Labute approximate surface area is 97.8 Å². The lowest BCUT2D eigenvalue weighted by atomic mass is 9.91. The van der Waals surface area contributed by atoms with E-state index in [0.29, 0.717) is 11.5 Å². The SMILES string of the molecule is CC1(C)CCC(N2CCCC2(C)C(=O)O)C1. The maximum Gasteiger partial charge on any atom is 0.323 e. The summed E-state index contributed by atoms with van der Waals surface area (Å²) in [5.41, 5.74) is -0.211. The second-order valence-electron chi connectivity index (χ2n) is 6.44. The largest absolute Gasteiger partial charge is 0.480 e. The molecule has 0 amide bonds. The van der Waals surface area contributed by atoms with Gasteiger partial charge < -0.3 is 5.11 Å². The van der Waals surface area contributed by atoms with Crippen molar-refractivity contribution in [3.8, 4) is 0 Å². The monoisotopic (exact) mass is 225 g/mol. The highest BCUT2D eigenvalue weighted by molar-refractivity contribution is 5.78. The summed E-state index contributed by atoms with van der Waals surface area (Å²) in [5.74, 6) is -0.644. The van der Waals surface area contributed by atoms with Gasteiger partial charge in [-0.3, -0.25) is 9.69 Å². The van der Waals surface area contributed by atoms with Gasteiger partial charge in [-0.05, 0) is 51.0 Å². The van der Waals surface area contributed by atoms with Crippen LogP contribution in [0.15, 0.2) is 0 Å². The zero-order valence-corrected chi connectivity index (χ0v) is 10.6. The zero-order chi connectivity index (χ0) is 12.0. The molecule has 0 radical (unpaired) electrons. The predicted molar refractivity (Wildman–Crippen MR) is 63.4 cm³/mol. The summed E-state index contributed by atoms with van der Waals surface area (Å²) in [5, 5.41) is 9.39. The van der Waals surface area contributed by atoms with E-state index in [1.807, 2.05) is 6.92 Å². The zero-order valence-electron chi connectivity index (χ0n) is 10.6. The Kier molecular flexibility index (Phi) is 2.77. The lowest BCUT2D eigenvalue weighted by molar-refractivity contribution is -0.150. The summed E-state index contributed by atoms with van der Waals surface area (Å²) < 4.78 is 0. The number of carboxylic acids is 1. The molecule has 3 nitrogen and oxygen atoms in total. The Hall–Kier alpha value is -0.570. The number of rotatable bonds is 2. The first-order valence-electron chi connectivity index (χ1n) is 6.35. The van der Waals surface area contributed by atoms with Gasteiger partial charge in [0.05, 0.1) is 0 Å². The van der Waals surface area contributed by atoms with E-state index >= 15 is 0 Å². The summed E-state index contributed by atoms with van der Waals surface area (Å²) >= 11 is 0. The second kappa shape index (κ2) is 3.73. The quantitative estimate of drug-likeness (QED) is 0.785. The molecule has 0 spiro atoms.